The van der Waals surface area contributed by atoms with E-state index in [1.807, 2.05) is 0 Å². The van der Waals surface area contributed by atoms with Crippen LogP contribution < -0.4 is 5.73 Å². The summed E-state index contributed by atoms with van der Waals surface area (Å²) >= 11 is 0. The van der Waals surface area contributed by atoms with Gasteiger partial charge in [-0.3, -0.25) is 4.90 Å². The minimum atomic E-state index is 0.465. The summed E-state index contributed by atoms with van der Waals surface area (Å²) in [6.07, 6.45) is 9.56. The Labute approximate surface area is 81.5 Å². The third kappa shape index (κ3) is 2.23. The molecule has 0 bridgehead atoms. The fourth-order valence-corrected chi connectivity index (χ4v) is 2.84. The zero-order chi connectivity index (χ0) is 9.10. The highest BCUT2D eigenvalue weighted by molar-refractivity contribution is 4.86. The van der Waals surface area contributed by atoms with Crippen molar-refractivity contribution < 1.29 is 0 Å². The smallest absolute Gasteiger partial charge is 0.0247 e. The molecule has 1 saturated heterocycles. The van der Waals surface area contributed by atoms with Gasteiger partial charge in [-0.05, 0) is 38.8 Å². The first-order valence-corrected chi connectivity index (χ1v) is 5.87. The Morgan fingerprint density at radius 2 is 1.54 bits per heavy atom. The van der Waals surface area contributed by atoms with Crippen LogP contribution >= 0.6 is 0 Å². The van der Waals surface area contributed by atoms with E-state index in [0.29, 0.717) is 12.1 Å². The lowest BCUT2D eigenvalue weighted by Crippen LogP contribution is -2.51. The largest absolute Gasteiger partial charge is 0.326 e. The first-order valence-electron chi connectivity index (χ1n) is 5.87. The van der Waals surface area contributed by atoms with Crippen LogP contribution in [0.15, 0.2) is 0 Å². The molecule has 1 aliphatic heterocycles. The van der Waals surface area contributed by atoms with E-state index in [0.717, 1.165) is 0 Å². The number of nitrogens with two attached hydrogens (primary N) is 1. The molecule has 0 aromatic carbocycles. The lowest BCUT2D eigenvalue weighted by molar-refractivity contribution is 0.115. The Hall–Kier alpha value is -0.0800. The third-order valence-electron chi connectivity index (χ3n) is 3.64. The fraction of sp³-hybridized carbons (Fsp3) is 1.00. The van der Waals surface area contributed by atoms with Crippen LogP contribution in [-0.2, 0) is 0 Å². The van der Waals surface area contributed by atoms with Gasteiger partial charge in [-0.1, -0.05) is 19.3 Å². The molecule has 0 aromatic rings. The lowest BCUT2D eigenvalue weighted by atomic mass is 9.89. The van der Waals surface area contributed by atoms with Gasteiger partial charge in [0.1, 0.15) is 0 Å². The zero-order valence-corrected chi connectivity index (χ0v) is 8.54. The first-order chi connectivity index (χ1) is 6.38. The van der Waals surface area contributed by atoms with Crippen molar-refractivity contribution in [1.29, 1.82) is 0 Å². The molecule has 2 heteroatoms. The Morgan fingerprint density at radius 1 is 0.846 bits per heavy atom. The molecule has 1 heterocycles. The number of hydrogen-bond donors (Lipinski definition) is 1. The number of nitrogens with zero attached hydrogens (tertiary/aromatic N) is 1. The van der Waals surface area contributed by atoms with Crippen LogP contribution in [0.4, 0.5) is 0 Å². The van der Waals surface area contributed by atoms with E-state index >= 15 is 0 Å². The fourth-order valence-electron chi connectivity index (χ4n) is 2.84. The Balaban J connectivity index is 1.88. The van der Waals surface area contributed by atoms with Gasteiger partial charge in [0, 0.05) is 12.1 Å². The van der Waals surface area contributed by atoms with Gasteiger partial charge in [0.05, 0.1) is 0 Å². The maximum atomic E-state index is 6.17. The summed E-state index contributed by atoms with van der Waals surface area (Å²) in [6, 6.07) is 1.18. The van der Waals surface area contributed by atoms with E-state index in [9.17, 15) is 0 Å². The second-order valence-corrected chi connectivity index (χ2v) is 4.61. The molecule has 2 N–H and O–H groups in total. The molecule has 0 radical (unpaired) electrons. The molecule has 76 valence electrons. The van der Waals surface area contributed by atoms with Crippen LogP contribution in [0.5, 0.6) is 0 Å². The van der Waals surface area contributed by atoms with Crippen LogP contribution in [0.2, 0.25) is 0 Å². The summed E-state index contributed by atoms with van der Waals surface area (Å²) in [5.41, 5.74) is 6.17. The van der Waals surface area contributed by atoms with Gasteiger partial charge in [0.2, 0.25) is 0 Å². The molecule has 0 aromatic heterocycles. The highest BCUT2D eigenvalue weighted by Crippen LogP contribution is 2.24. The molecule has 1 saturated carbocycles. The highest BCUT2D eigenvalue weighted by atomic mass is 15.2. The van der Waals surface area contributed by atoms with Crippen molar-refractivity contribution in [2.24, 2.45) is 5.73 Å². The minimum Gasteiger partial charge on any atom is -0.326 e. The number of likely N-dealkylation sites (tertiary alicyclic amines) is 1. The quantitative estimate of drug-likeness (QED) is 0.669. The van der Waals surface area contributed by atoms with E-state index in [1.165, 1.54) is 58.0 Å². The van der Waals surface area contributed by atoms with Crippen LogP contribution in [-0.4, -0.2) is 30.1 Å². The summed E-state index contributed by atoms with van der Waals surface area (Å²) in [6.45, 7) is 2.61. The maximum Gasteiger partial charge on any atom is 0.0247 e. The highest BCUT2D eigenvalue weighted by Gasteiger charge is 2.27. The standard InChI is InChI=1S/C11H22N2/c12-10-6-2-3-7-11(10)13-8-4-1-5-9-13/h10-11H,1-9,12H2/t10-,11+/m1/s1. The van der Waals surface area contributed by atoms with E-state index in [-0.39, 0.29) is 0 Å². The summed E-state index contributed by atoms with van der Waals surface area (Å²) in [7, 11) is 0. The average Bonchev–Trinajstić information content (AvgIpc) is 2.20. The molecule has 0 spiro atoms. The zero-order valence-electron chi connectivity index (χ0n) is 8.54. The molecule has 2 nitrogen and oxygen atoms in total. The van der Waals surface area contributed by atoms with Crippen molar-refractivity contribution in [3.05, 3.63) is 0 Å². The van der Waals surface area contributed by atoms with Gasteiger partial charge in [0.25, 0.3) is 0 Å². The molecule has 1 aliphatic carbocycles. The lowest BCUT2D eigenvalue weighted by Gasteiger charge is -2.40. The predicted molar refractivity (Wildman–Crippen MR) is 55.7 cm³/mol. The summed E-state index contributed by atoms with van der Waals surface area (Å²) in [4.78, 5) is 2.65. The molecule has 2 aliphatic rings. The second-order valence-electron chi connectivity index (χ2n) is 4.61. The normalized spacial score (nSPS) is 37.6. The third-order valence-corrected chi connectivity index (χ3v) is 3.64. The molecular weight excluding hydrogens is 160 g/mol. The monoisotopic (exact) mass is 182 g/mol. The molecule has 2 atom stereocenters. The number of rotatable bonds is 1. The van der Waals surface area contributed by atoms with Crippen molar-refractivity contribution in [2.45, 2.75) is 57.0 Å². The summed E-state index contributed by atoms with van der Waals surface area (Å²) in [5.74, 6) is 0. The van der Waals surface area contributed by atoms with Gasteiger partial charge in [0.15, 0.2) is 0 Å². The van der Waals surface area contributed by atoms with Crippen molar-refractivity contribution >= 4 is 0 Å². The minimum absolute atomic E-state index is 0.465. The number of piperidine rings is 1. The van der Waals surface area contributed by atoms with Crippen LogP contribution in [0.25, 0.3) is 0 Å². The van der Waals surface area contributed by atoms with E-state index in [2.05, 4.69) is 4.90 Å². The second kappa shape index (κ2) is 4.43. The Morgan fingerprint density at radius 3 is 2.23 bits per heavy atom. The Bertz CT molecular complexity index is 152. The molecule has 13 heavy (non-hydrogen) atoms. The van der Waals surface area contributed by atoms with Crippen LogP contribution in [0, 0.1) is 0 Å². The topological polar surface area (TPSA) is 29.3 Å². The van der Waals surface area contributed by atoms with E-state index < -0.39 is 0 Å². The molecule has 2 fully saturated rings. The van der Waals surface area contributed by atoms with Crippen molar-refractivity contribution in [3.63, 3.8) is 0 Å². The van der Waals surface area contributed by atoms with Crippen molar-refractivity contribution in [3.8, 4) is 0 Å². The van der Waals surface area contributed by atoms with Gasteiger partial charge in [-0.15, -0.1) is 0 Å². The van der Waals surface area contributed by atoms with Gasteiger partial charge >= 0.3 is 0 Å². The van der Waals surface area contributed by atoms with Crippen molar-refractivity contribution in [1.82, 2.24) is 4.90 Å². The Kier molecular flexibility index (Phi) is 3.23. The molecule has 0 amide bonds. The predicted octanol–water partition coefficient (Wildman–Crippen LogP) is 1.74. The molecular formula is C11H22N2. The summed E-state index contributed by atoms with van der Waals surface area (Å²) < 4.78 is 0. The van der Waals surface area contributed by atoms with E-state index in [4.69, 9.17) is 5.73 Å². The van der Waals surface area contributed by atoms with Gasteiger partial charge in [-0.25, -0.2) is 0 Å². The van der Waals surface area contributed by atoms with E-state index in [1.54, 1.807) is 0 Å². The van der Waals surface area contributed by atoms with Gasteiger partial charge < -0.3 is 5.73 Å². The first kappa shape index (κ1) is 9.47. The van der Waals surface area contributed by atoms with Crippen LogP contribution in [0.1, 0.15) is 44.9 Å². The molecule has 0 unspecified atom stereocenters. The van der Waals surface area contributed by atoms with Crippen LogP contribution in [0.3, 0.4) is 0 Å². The average molecular weight is 182 g/mol. The van der Waals surface area contributed by atoms with Crippen molar-refractivity contribution in [2.75, 3.05) is 13.1 Å². The SMILES string of the molecule is N[C@@H]1CCCC[C@@H]1N1CCCCC1. The molecule has 2 rings (SSSR count). The number of hydrogen-bond acceptors (Lipinski definition) is 2. The maximum absolute atomic E-state index is 6.17. The summed E-state index contributed by atoms with van der Waals surface area (Å²) in [5, 5.41) is 0. The van der Waals surface area contributed by atoms with Gasteiger partial charge in [-0.2, -0.15) is 0 Å².